The number of nitrogens with one attached hydrogen (secondary N) is 1. The van der Waals surface area contributed by atoms with E-state index in [4.69, 9.17) is 23.2 Å². The average Bonchev–Trinajstić information content (AvgIpc) is 2.98. The number of hydrogen-bond acceptors (Lipinski definition) is 2. The van der Waals surface area contributed by atoms with E-state index in [9.17, 15) is 4.79 Å². The van der Waals surface area contributed by atoms with E-state index in [1.165, 1.54) is 4.90 Å². The Balaban J connectivity index is 2.22. The molecule has 0 aliphatic heterocycles. The Bertz CT molecular complexity index is 944. The van der Waals surface area contributed by atoms with Crippen LogP contribution >= 0.6 is 23.2 Å². The van der Waals surface area contributed by atoms with Crippen LogP contribution in [0.2, 0.25) is 10.0 Å². The minimum atomic E-state index is -0.155. The van der Waals surface area contributed by atoms with E-state index < -0.39 is 0 Å². The number of benzene rings is 1. The van der Waals surface area contributed by atoms with Crippen LogP contribution in [0.3, 0.4) is 0 Å². The summed E-state index contributed by atoms with van der Waals surface area (Å²) in [5, 5.41) is 1.70. The van der Waals surface area contributed by atoms with Crippen molar-refractivity contribution in [2.75, 3.05) is 14.1 Å². The smallest absolute Gasteiger partial charge is 0.254 e. The lowest BCUT2D eigenvalue weighted by Crippen LogP contribution is -2.22. The van der Waals surface area contributed by atoms with Crippen molar-refractivity contribution < 1.29 is 4.79 Å². The van der Waals surface area contributed by atoms with Gasteiger partial charge in [0.05, 0.1) is 10.0 Å². The van der Waals surface area contributed by atoms with Crippen LogP contribution in [-0.4, -0.2) is 34.9 Å². The summed E-state index contributed by atoms with van der Waals surface area (Å²) in [5.41, 5.74) is 2.69. The Kier molecular flexibility index (Phi) is 4.60. The van der Waals surface area contributed by atoms with Crippen LogP contribution in [0.25, 0.3) is 22.7 Å². The van der Waals surface area contributed by atoms with Gasteiger partial charge in [-0.3, -0.25) is 4.79 Å². The van der Waals surface area contributed by atoms with Gasteiger partial charge in [-0.25, -0.2) is 4.98 Å². The molecule has 1 amide bonds. The third-order valence-corrected chi connectivity index (χ3v) is 4.48. The van der Waals surface area contributed by atoms with Gasteiger partial charge in [0, 0.05) is 48.6 Å². The highest BCUT2D eigenvalue weighted by molar-refractivity contribution is 6.44. The van der Waals surface area contributed by atoms with Crippen LogP contribution in [0, 0.1) is 0 Å². The molecular weight excluding hydrogens is 345 g/mol. The second kappa shape index (κ2) is 6.67. The third-order valence-electron chi connectivity index (χ3n) is 3.66. The first-order valence-corrected chi connectivity index (χ1v) is 8.04. The summed E-state index contributed by atoms with van der Waals surface area (Å²) in [5.74, 6) is -0.155. The van der Waals surface area contributed by atoms with Crippen molar-refractivity contribution in [3.63, 3.8) is 0 Å². The molecule has 0 spiro atoms. The number of rotatable bonds is 3. The van der Waals surface area contributed by atoms with Gasteiger partial charge in [0.25, 0.3) is 5.91 Å². The molecule has 0 aliphatic carbocycles. The number of carbonyl (C=O) groups is 1. The highest BCUT2D eigenvalue weighted by atomic mass is 35.5. The molecule has 0 saturated carbocycles. The van der Waals surface area contributed by atoms with Crippen LogP contribution in [0.1, 0.15) is 11.1 Å². The maximum absolute atomic E-state index is 12.7. The Morgan fingerprint density at radius 1 is 1.21 bits per heavy atom. The first-order valence-electron chi connectivity index (χ1n) is 7.29. The number of nitrogens with zero attached hydrogens (tertiary/aromatic N) is 2. The molecule has 0 bridgehead atoms. The molecule has 2 aromatic heterocycles. The number of hydrogen-bond donors (Lipinski definition) is 1. The zero-order valence-electron chi connectivity index (χ0n) is 13.2. The molecule has 6 heteroatoms. The second-order valence-corrected chi connectivity index (χ2v) is 6.29. The van der Waals surface area contributed by atoms with Gasteiger partial charge in [0.1, 0.15) is 5.65 Å². The van der Waals surface area contributed by atoms with Crippen LogP contribution in [0.4, 0.5) is 0 Å². The quantitative estimate of drug-likeness (QED) is 0.700. The summed E-state index contributed by atoms with van der Waals surface area (Å²) in [6, 6.07) is 9.06. The van der Waals surface area contributed by atoms with Crippen LogP contribution in [-0.2, 0) is 4.79 Å². The number of fused-ring (bicyclic) bond motifs is 1. The molecule has 1 N–H and O–H groups in total. The second-order valence-electron chi connectivity index (χ2n) is 5.50. The third kappa shape index (κ3) is 3.03. The number of carbonyl (C=O) groups excluding carboxylic acids is 1. The number of halogens is 2. The lowest BCUT2D eigenvalue weighted by atomic mass is 10.0. The summed E-state index contributed by atoms with van der Waals surface area (Å²) in [6.07, 6.45) is 5.34. The van der Waals surface area contributed by atoms with Gasteiger partial charge < -0.3 is 9.88 Å². The van der Waals surface area contributed by atoms with Crippen molar-refractivity contribution in [1.82, 2.24) is 14.9 Å². The van der Waals surface area contributed by atoms with Gasteiger partial charge >= 0.3 is 0 Å². The molecule has 122 valence electrons. The highest BCUT2D eigenvalue weighted by Crippen LogP contribution is 2.33. The molecule has 0 atom stereocenters. The molecule has 0 fully saturated rings. The molecule has 0 radical (unpaired) electrons. The first kappa shape index (κ1) is 16.6. The van der Waals surface area contributed by atoms with Crippen molar-refractivity contribution in [1.29, 1.82) is 0 Å². The van der Waals surface area contributed by atoms with E-state index in [1.54, 1.807) is 44.6 Å². The summed E-state index contributed by atoms with van der Waals surface area (Å²) in [6.45, 7) is 0. The fourth-order valence-electron chi connectivity index (χ4n) is 2.46. The lowest BCUT2D eigenvalue weighted by Gasteiger charge is -2.15. The minimum Gasteiger partial charge on any atom is -0.346 e. The molecule has 0 saturated heterocycles. The zero-order valence-corrected chi connectivity index (χ0v) is 14.7. The van der Waals surface area contributed by atoms with Gasteiger partial charge in [0.2, 0.25) is 0 Å². The zero-order chi connectivity index (χ0) is 17.3. The van der Waals surface area contributed by atoms with Gasteiger partial charge in [-0.2, -0.15) is 0 Å². The van der Waals surface area contributed by atoms with Gasteiger partial charge in [-0.15, -0.1) is 0 Å². The van der Waals surface area contributed by atoms with Crippen molar-refractivity contribution in [3.8, 4) is 0 Å². The maximum atomic E-state index is 12.7. The summed E-state index contributed by atoms with van der Waals surface area (Å²) in [4.78, 5) is 21.6. The van der Waals surface area contributed by atoms with E-state index in [0.717, 1.165) is 16.6 Å². The highest BCUT2D eigenvalue weighted by Gasteiger charge is 2.19. The first-order chi connectivity index (χ1) is 11.5. The summed E-state index contributed by atoms with van der Waals surface area (Å²) >= 11 is 12.5. The standard InChI is InChI=1S/C18H15Cl2N3O/c1-23(2)18(24)14(13-5-3-7-15(19)16(13)20)9-11-10-22-17-12(11)6-4-8-21-17/h3-10H,1-2H3,(H,21,22). The topological polar surface area (TPSA) is 49.0 Å². The average molecular weight is 360 g/mol. The van der Waals surface area contributed by atoms with Crippen molar-refractivity contribution in [2.24, 2.45) is 0 Å². The molecule has 4 nitrogen and oxygen atoms in total. The molecule has 2 heterocycles. The van der Waals surface area contributed by atoms with Crippen LogP contribution < -0.4 is 0 Å². The monoisotopic (exact) mass is 359 g/mol. The maximum Gasteiger partial charge on any atom is 0.254 e. The summed E-state index contributed by atoms with van der Waals surface area (Å²) < 4.78 is 0. The summed E-state index contributed by atoms with van der Waals surface area (Å²) in [7, 11) is 3.40. The molecular formula is C18H15Cl2N3O. The molecule has 1 aromatic carbocycles. The fourth-order valence-corrected chi connectivity index (χ4v) is 2.86. The number of pyridine rings is 1. The van der Waals surface area contributed by atoms with Crippen molar-refractivity contribution in [3.05, 3.63) is 63.9 Å². The van der Waals surface area contributed by atoms with Gasteiger partial charge in [-0.1, -0.05) is 35.3 Å². The van der Waals surface area contributed by atoms with Crippen molar-refractivity contribution in [2.45, 2.75) is 0 Å². The molecule has 0 aliphatic rings. The Morgan fingerprint density at radius 2 is 2.00 bits per heavy atom. The van der Waals surface area contributed by atoms with Crippen molar-refractivity contribution >= 4 is 51.8 Å². The molecule has 24 heavy (non-hydrogen) atoms. The van der Waals surface area contributed by atoms with Gasteiger partial charge in [-0.05, 0) is 24.3 Å². The predicted octanol–water partition coefficient (Wildman–Crippen LogP) is 4.50. The molecule has 3 aromatic rings. The van der Waals surface area contributed by atoms with Gasteiger partial charge in [0.15, 0.2) is 0 Å². The predicted molar refractivity (Wildman–Crippen MR) is 99.1 cm³/mol. The fraction of sp³-hybridized carbons (Fsp3) is 0.111. The molecule has 3 rings (SSSR count). The van der Waals surface area contributed by atoms with E-state index >= 15 is 0 Å². The van der Waals surface area contributed by atoms with E-state index in [-0.39, 0.29) is 5.91 Å². The SMILES string of the molecule is CN(C)C(=O)C(=Cc1c[nH]c2ncccc12)c1cccc(Cl)c1Cl. The van der Waals surface area contributed by atoms with Crippen LogP contribution in [0.5, 0.6) is 0 Å². The largest absolute Gasteiger partial charge is 0.346 e. The number of H-pyrrole nitrogens is 1. The van der Waals surface area contributed by atoms with Crippen LogP contribution in [0.15, 0.2) is 42.7 Å². The molecule has 0 unspecified atom stereocenters. The minimum absolute atomic E-state index is 0.155. The van der Waals surface area contributed by atoms with E-state index in [1.807, 2.05) is 18.3 Å². The lowest BCUT2D eigenvalue weighted by molar-refractivity contribution is -0.122. The van der Waals surface area contributed by atoms with E-state index in [0.29, 0.717) is 21.2 Å². The number of aromatic nitrogens is 2. The number of amides is 1. The Morgan fingerprint density at radius 3 is 2.75 bits per heavy atom. The number of likely N-dealkylation sites (N-methyl/N-ethyl adjacent to an activating group) is 1. The Labute approximate surface area is 149 Å². The van der Waals surface area contributed by atoms with E-state index in [2.05, 4.69) is 9.97 Å². The normalized spacial score (nSPS) is 11.8. The Hall–Kier alpha value is -2.30. The number of aromatic amines is 1.